The summed E-state index contributed by atoms with van der Waals surface area (Å²) in [4.78, 5) is 23.5. The minimum Gasteiger partial charge on any atom is -0.497 e. The van der Waals surface area contributed by atoms with Gasteiger partial charge in [0.1, 0.15) is 5.75 Å². The van der Waals surface area contributed by atoms with Crippen LogP contribution in [0.3, 0.4) is 0 Å². The molecular weight excluding hydrogens is 318 g/mol. The minimum absolute atomic E-state index is 0.336. The van der Waals surface area contributed by atoms with E-state index >= 15 is 0 Å². The molecule has 25 heavy (non-hydrogen) atoms. The Labute approximate surface area is 147 Å². The summed E-state index contributed by atoms with van der Waals surface area (Å²) in [6.07, 6.45) is 3.82. The summed E-state index contributed by atoms with van der Waals surface area (Å²) in [6.45, 7) is 1.73. The van der Waals surface area contributed by atoms with Crippen molar-refractivity contribution in [3.8, 4) is 5.75 Å². The normalized spacial score (nSPS) is 10.5. The Morgan fingerprint density at radius 2 is 1.88 bits per heavy atom. The number of benzene rings is 2. The Morgan fingerprint density at radius 3 is 2.56 bits per heavy atom. The molecule has 0 aliphatic heterocycles. The van der Waals surface area contributed by atoms with Gasteiger partial charge in [0.15, 0.2) is 6.61 Å². The number of amides is 1. The number of hydrogen-bond acceptors (Lipinski definition) is 4. The molecule has 5 nitrogen and oxygen atoms in total. The molecule has 0 spiro atoms. The van der Waals surface area contributed by atoms with Crippen LogP contribution in [0.5, 0.6) is 5.75 Å². The largest absolute Gasteiger partial charge is 0.497 e. The maximum Gasteiger partial charge on any atom is 0.331 e. The lowest BCUT2D eigenvalue weighted by Gasteiger charge is -2.06. The second-order valence-corrected chi connectivity index (χ2v) is 5.32. The predicted molar refractivity (Wildman–Crippen MR) is 97.4 cm³/mol. The van der Waals surface area contributed by atoms with Crippen LogP contribution in [0.2, 0.25) is 0 Å². The second-order valence-electron chi connectivity index (χ2n) is 5.32. The Morgan fingerprint density at radius 1 is 1.12 bits per heavy atom. The maximum absolute atomic E-state index is 11.8. The van der Waals surface area contributed by atoms with Gasteiger partial charge in [0.2, 0.25) is 0 Å². The summed E-state index contributed by atoms with van der Waals surface area (Å²) in [5.74, 6) is -0.268. The molecule has 0 aliphatic carbocycles. The Kier molecular flexibility index (Phi) is 6.77. The highest BCUT2D eigenvalue weighted by Crippen LogP contribution is 2.13. The number of anilines is 1. The lowest BCUT2D eigenvalue weighted by Crippen LogP contribution is -2.20. The molecule has 0 aliphatic rings. The van der Waals surface area contributed by atoms with E-state index in [0.717, 1.165) is 12.0 Å². The molecule has 0 saturated heterocycles. The zero-order chi connectivity index (χ0) is 18.1. The highest BCUT2D eigenvalue weighted by Gasteiger charge is 2.05. The number of rotatable bonds is 7. The van der Waals surface area contributed by atoms with Crippen LogP contribution in [0.4, 0.5) is 5.69 Å². The molecule has 0 heterocycles. The molecule has 2 aromatic carbocycles. The summed E-state index contributed by atoms with van der Waals surface area (Å²) in [5.41, 5.74) is 2.66. The van der Waals surface area contributed by atoms with Gasteiger partial charge < -0.3 is 14.8 Å². The van der Waals surface area contributed by atoms with Gasteiger partial charge in [-0.3, -0.25) is 4.79 Å². The monoisotopic (exact) mass is 339 g/mol. The van der Waals surface area contributed by atoms with E-state index in [1.165, 1.54) is 11.6 Å². The molecule has 130 valence electrons. The number of methoxy groups -OCH3 is 1. The maximum atomic E-state index is 11.8. The quantitative estimate of drug-likeness (QED) is 0.620. The summed E-state index contributed by atoms with van der Waals surface area (Å²) in [6, 6.07) is 14.8. The number of esters is 1. The number of carbonyl (C=O) groups excluding carboxylic acids is 2. The molecule has 5 heteroatoms. The third kappa shape index (κ3) is 6.14. The Bertz CT molecular complexity index is 751. The first-order valence-electron chi connectivity index (χ1n) is 7.98. The fourth-order valence-electron chi connectivity index (χ4n) is 2.12. The SMILES string of the molecule is CCc1ccc(NC(=O)COC(=O)/C=C/c2cccc(OC)c2)cc1. The van der Waals surface area contributed by atoms with Crippen molar-refractivity contribution in [3.63, 3.8) is 0 Å². The van der Waals surface area contributed by atoms with Crippen LogP contribution in [-0.2, 0) is 20.7 Å². The Hall–Kier alpha value is -3.08. The average Bonchev–Trinajstić information content (AvgIpc) is 2.65. The van der Waals surface area contributed by atoms with Crippen LogP contribution in [0.25, 0.3) is 6.08 Å². The standard InChI is InChI=1S/C20H21NO4/c1-3-15-7-10-17(11-8-15)21-19(22)14-25-20(23)12-9-16-5-4-6-18(13-16)24-2/h4-13H,3,14H2,1-2H3,(H,21,22)/b12-9+. The van der Waals surface area contributed by atoms with E-state index in [1.54, 1.807) is 19.3 Å². The van der Waals surface area contributed by atoms with Gasteiger partial charge in [-0.15, -0.1) is 0 Å². The van der Waals surface area contributed by atoms with Crippen molar-refractivity contribution < 1.29 is 19.1 Å². The van der Waals surface area contributed by atoms with Crippen LogP contribution in [0.15, 0.2) is 54.6 Å². The van der Waals surface area contributed by atoms with E-state index in [-0.39, 0.29) is 12.5 Å². The summed E-state index contributed by atoms with van der Waals surface area (Å²) < 4.78 is 10.0. The van der Waals surface area contributed by atoms with Crippen LogP contribution < -0.4 is 10.1 Å². The highest BCUT2D eigenvalue weighted by molar-refractivity contribution is 5.94. The van der Waals surface area contributed by atoms with Gasteiger partial charge in [0.05, 0.1) is 7.11 Å². The van der Waals surface area contributed by atoms with Gasteiger partial charge in [-0.25, -0.2) is 4.79 Å². The van der Waals surface area contributed by atoms with Crippen LogP contribution in [0.1, 0.15) is 18.1 Å². The van der Waals surface area contributed by atoms with E-state index in [4.69, 9.17) is 9.47 Å². The molecule has 0 radical (unpaired) electrons. The van der Waals surface area contributed by atoms with Gasteiger partial charge in [-0.05, 0) is 47.9 Å². The van der Waals surface area contributed by atoms with Crippen molar-refractivity contribution in [1.29, 1.82) is 0 Å². The molecule has 0 bridgehead atoms. The highest BCUT2D eigenvalue weighted by atomic mass is 16.5. The lowest BCUT2D eigenvalue weighted by atomic mass is 10.1. The first-order valence-corrected chi connectivity index (χ1v) is 7.98. The van der Waals surface area contributed by atoms with Gasteiger partial charge in [0.25, 0.3) is 5.91 Å². The molecule has 0 saturated carbocycles. The molecule has 2 rings (SSSR count). The molecule has 0 aromatic heterocycles. The second kappa shape index (κ2) is 9.27. The van der Waals surface area contributed by atoms with Gasteiger partial charge >= 0.3 is 5.97 Å². The molecule has 0 atom stereocenters. The topological polar surface area (TPSA) is 64.6 Å². The smallest absolute Gasteiger partial charge is 0.331 e. The third-order valence-corrected chi connectivity index (χ3v) is 3.50. The van der Waals surface area contributed by atoms with Crippen molar-refractivity contribution in [2.45, 2.75) is 13.3 Å². The predicted octanol–water partition coefficient (Wildman–Crippen LogP) is 3.45. The lowest BCUT2D eigenvalue weighted by molar-refractivity contribution is -0.142. The number of hydrogen-bond donors (Lipinski definition) is 1. The fraction of sp³-hybridized carbons (Fsp3) is 0.200. The first-order chi connectivity index (χ1) is 12.1. The van der Waals surface area contributed by atoms with Gasteiger partial charge in [0, 0.05) is 11.8 Å². The zero-order valence-electron chi connectivity index (χ0n) is 14.3. The molecule has 1 amide bonds. The van der Waals surface area contributed by atoms with Crippen molar-refractivity contribution >= 4 is 23.6 Å². The van der Waals surface area contributed by atoms with Crippen molar-refractivity contribution in [1.82, 2.24) is 0 Å². The summed E-state index contributed by atoms with van der Waals surface area (Å²) in [5, 5.41) is 2.68. The van der Waals surface area contributed by atoms with Crippen molar-refractivity contribution in [2.24, 2.45) is 0 Å². The molecule has 2 aromatic rings. The van der Waals surface area contributed by atoms with E-state index in [1.807, 2.05) is 42.5 Å². The first kappa shape index (κ1) is 18.3. The number of ether oxygens (including phenoxy) is 2. The molecular formula is C20H21NO4. The van der Waals surface area contributed by atoms with E-state index < -0.39 is 5.97 Å². The average molecular weight is 339 g/mol. The third-order valence-electron chi connectivity index (χ3n) is 3.50. The summed E-state index contributed by atoms with van der Waals surface area (Å²) in [7, 11) is 1.57. The van der Waals surface area contributed by atoms with Crippen molar-refractivity contribution in [3.05, 3.63) is 65.7 Å². The fourth-order valence-corrected chi connectivity index (χ4v) is 2.12. The summed E-state index contributed by atoms with van der Waals surface area (Å²) >= 11 is 0. The number of aryl methyl sites for hydroxylation is 1. The number of nitrogens with one attached hydrogen (secondary N) is 1. The number of carbonyl (C=O) groups is 2. The van der Waals surface area contributed by atoms with Gasteiger partial charge in [-0.1, -0.05) is 31.2 Å². The van der Waals surface area contributed by atoms with E-state index in [2.05, 4.69) is 12.2 Å². The van der Waals surface area contributed by atoms with Crippen LogP contribution >= 0.6 is 0 Å². The molecule has 0 fully saturated rings. The molecule has 1 N–H and O–H groups in total. The van der Waals surface area contributed by atoms with Crippen LogP contribution in [0, 0.1) is 0 Å². The minimum atomic E-state index is -0.584. The van der Waals surface area contributed by atoms with Gasteiger partial charge in [-0.2, -0.15) is 0 Å². The zero-order valence-corrected chi connectivity index (χ0v) is 14.3. The van der Waals surface area contributed by atoms with E-state index in [9.17, 15) is 9.59 Å². The Balaban J connectivity index is 1.80. The van der Waals surface area contributed by atoms with E-state index in [0.29, 0.717) is 11.4 Å². The molecule has 0 unspecified atom stereocenters. The van der Waals surface area contributed by atoms with Crippen LogP contribution in [-0.4, -0.2) is 25.6 Å². The van der Waals surface area contributed by atoms with Crippen molar-refractivity contribution in [2.75, 3.05) is 19.0 Å².